The Kier molecular flexibility index (Phi) is 3.57. The molecular formula is C12H13BN4O. The van der Waals surface area contributed by atoms with Gasteiger partial charge in [0.15, 0.2) is 0 Å². The Balaban J connectivity index is 2.25. The number of hydrogen-bond donors (Lipinski definition) is 1. The second kappa shape index (κ2) is 5.31. The minimum Gasteiger partial charge on any atom is -0.330 e. The average molecular weight is 240 g/mol. The topological polar surface area (TPSA) is 63.0 Å². The Morgan fingerprint density at radius 1 is 1.56 bits per heavy atom. The van der Waals surface area contributed by atoms with Crippen LogP contribution < -0.4 is 11.3 Å². The fourth-order valence-electron chi connectivity index (χ4n) is 1.54. The SMILES string of the molecule is C=C/C=C\C=C(/C)Bc1nc2[nH]ccc(=O)n2n1. The van der Waals surface area contributed by atoms with E-state index in [0.29, 0.717) is 18.8 Å². The molecule has 0 saturated carbocycles. The van der Waals surface area contributed by atoms with E-state index in [1.807, 2.05) is 25.2 Å². The van der Waals surface area contributed by atoms with Gasteiger partial charge in [-0.25, -0.2) is 4.98 Å². The lowest BCUT2D eigenvalue weighted by molar-refractivity contribution is 0.908. The molecule has 0 bridgehead atoms. The molecule has 2 aromatic rings. The van der Waals surface area contributed by atoms with Crippen LogP contribution in [0.1, 0.15) is 6.92 Å². The third kappa shape index (κ3) is 2.65. The molecule has 5 nitrogen and oxygen atoms in total. The summed E-state index contributed by atoms with van der Waals surface area (Å²) >= 11 is 0. The quantitative estimate of drug-likeness (QED) is 0.610. The van der Waals surface area contributed by atoms with Crippen LogP contribution in [0.3, 0.4) is 0 Å². The van der Waals surface area contributed by atoms with Crippen molar-refractivity contribution in [2.24, 2.45) is 0 Å². The molecule has 0 radical (unpaired) electrons. The third-order valence-electron chi connectivity index (χ3n) is 2.36. The highest BCUT2D eigenvalue weighted by atomic mass is 16.1. The zero-order valence-electron chi connectivity index (χ0n) is 10.1. The molecule has 90 valence electrons. The van der Waals surface area contributed by atoms with Crippen molar-refractivity contribution in [1.82, 2.24) is 19.6 Å². The molecule has 0 unspecified atom stereocenters. The monoisotopic (exact) mass is 240 g/mol. The van der Waals surface area contributed by atoms with Crippen molar-refractivity contribution in [1.29, 1.82) is 0 Å². The van der Waals surface area contributed by atoms with E-state index in [4.69, 9.17) is 0 Å². The van der Waals surface area contributed by atoms with Crippen LogP contribution >= 0.6 is 0 Å². The molecule has 0 aromatic carbocycles. The van der Waals surface area contributed by atoms with Gasteiger partial charge in [0.25, 0.3) is 5.56 Å². The highest BCUT2D eigenvalue weighted by Crippen LogP contribution is 1.91. The fraction of sp³-hybridized carbons (Fsp3) is 0.0833. The molecule has 0 aliphatic carbocycles. The van der Waals surface area contributed by atoms with Gasteiger partial charge in [0.1, 0.15) is 5.72 Å². The van der Waals surface area contributed by atoms with E-state index in [1.165, 1.54) is 10.6 Å². The largest absolute Gasteiger partial charge is 0.330 e. The maximum absolute atomic E-state index is 11.5. The van der Waals surface area contributed by atoms with E-state index in [9.17, 15) is 4.79 Å². The normalized spacial score (nSPS) is 12.2. The van der Waals surface area contributed by atoms with E-state index in [2.05, 4.69) is 21.6 Å². The molecule has 18 heavy (non-hydrogen) atoms. The predicted octanol–water partition coefficient (Wildman–Crippen LogP) is 0.125. The molecule has 0 aliphatic rings. The van der Waals surface area contributed by atoms with Crippen LogP contribution in [0.15, 0.2) is 53.4 Å². The lowest BCUT2D eigenvalue weighted by Crippen LogP contribution is -2.22. The minimum atomic E-state index is -0.185. The van der Waals surface area contributed by atoms with Crippen molar-refractivity contribution < 1.29 is 0 Å². The first-order valence-electron chi connectivity index (χ1n) is 5.59. The van der Waals surface area contributed by atoms with Crippen LogP contribution in [0.25, 0.3) is 5.78 Å². The van der Waals surface area contributed by atoms with Crippen molar-refractivity contribution in [2.45, 2.75) is 6.92 Å². The standard InChI is InChI=1S/C12H13BN4O/c1-3-4-5-6-9(2)13-11-15-12-14-8-7-10(18)17(12)16-11/h3-8,13H,1H2,2H3,(H,14,15,16)/b5-4-,9-6+. The zero-order chi connectivity index (χ0) is 13.0. The highest BCUT2D eigenvalue weighted by molar-refractivity contribution is 6.59. The average Bonchev–Trinajstić information content (AvgIpc) is 2.73. The zero-order valence-corrected chi connectivity index (χ0v) is 10.1. The van der Waals surface area contributed by atoms with E-state index < -0.39 is 0 Å². The fourth-order valence-corrected chi connectivity index (χ4v) is 1.54. The van der Waals surface area contributed by atoms with Gasteiger partial charge in [-0.3, -0.25) is 4.79 Å². The first kappa shape index (κ1) is 12.1. The van der Waals surface area contributed by atoms with Gasteiger partial charge in [0.2, 0.25) is 13.1 Å². The number of allylic oxidation sites excluding steroid dienone is 5. The van der Waals surface area contributed by atoms with E-state index >= 15 is 0 Å². The molecule has 0 spiro atoms. The van der Waals surface area contributed by atoms with Gasteiger partial charge in [-0.15, -0.1) is 0 Å². The Labute approximate surface area is 105 Å². The molecule has 1 N–H and O–H groups in total. The van der Waals surface area contributed by atoms with Crippen molar-refractivity contribution in [2.75, 3.05) is 0 Å². The summed E-state index contributed by atoms with van der Waals surface area (Å²) in [7, 11) is 0.608. The lowest BCUT2D eigenvalue weighted by atomic mass is 9.69. The van der Waals surface area contributed by atoms with Gasteiger partial charge in [-0.1, -0.05) is 43.3 Å². The van der Waals surface area contributed by atoms with Crippen molar-refractivity contribution in [3.8, 4) is 0 Å². The lowest BCUT2D eigenvalue weighted by Gasteiger charge is -1.90. The van der Waals surface area contributed by atoms with Gasteiger partial charge in [0, 0.05) is 12.3 Å². The maximum atomic E-state index is 11.5. The summed E-state index contributed by atoms with van der Waals surface area (Å²) in [4.78, 5) is 18.6. The second-order valence-corrected chi connectivity index (χ2v) is 3.89. The molecule has 2 aromatic heterocycles. The van der Waals surface area contributed by atoms with Crippen LogP contribution in [0.5, 0.6) is 0 Å². The van der Waals surface area contributed by atoms with Crippen molar-refractivity contribution >= 4 is 18.8 Å². The molecule has 0 atom stereocenters. The number of nitrogens with one attached hydrogen (secondary N) is 1. The molecule has 6 heteroatoms. The molecule has 0 saturated heterocycles. The third-order valence-corrected chi connectivity index (χ3v) is 2.36. The number of aromatic amines is 1. The van der Waals surface area contributed by atoms with Crippen molar-refractivity contribution in [3.05, 3.63) is 59.0 Å². The Hall–Kier alpha value is -2.37. The van der Waals surface area contributed by atoms with Gasteiger partial charge in [-0.2, -0.15) is 9.61 Å². The number of aromatic nitrogens is 4. The predicted molar refractivity (Wildman–Crippen MR) is 73.5 cm³/mol. The van der Waals surface area contributed by atoms with Crippen molar-refractivity contribution in [3.63, 3.8) is 0 Å². The van der Waals surface area contributed by atoms with Gasteiger partial charge < -0.3 is 4.98 Å². The molecule has 2 heterocycles. The van der Waals surface area contributed by atoms with Crippen LogP contribution in [0.2, 0.25) is 0 Å². The summed E-state index contributed by atoms with van der Waals surface area (Å²) in [6.07, 6.45) is 9.00. The Morgan fingerprint density at radius 2 is 2.39 bits per heavy atom. The van der Waals surface area contributed by atoms with E-state index in [1.54, 1.807) is 12.3 Å². The van der Waals surface area contributed by atoms with Crippen LogP contribution in [-0.4, -0.2) is 26.9 Å². The first-order chi connectivity index (χ1) is 8.70. The molecule has 0 fully saturated rings. The second-order valence-electron chi connectivity index (χ2n) is 3.89. The maximum Gasteiger partial charge on any atom is 0.275 e. The van der Waals surface area contributed by atoms with Crippen LogP contribution in [0.4, 0.5) is 0 Å². The Morgan fingerprint density at radius 3 is 3.11 bits per heavy atom. The number of hydrogen-bond acceptors (Lipinski definition) is 3. The van der Waals surface area contributed by atoms with Crippen LogP contribution in [0, 0.1) is 0 Å². The van der Waals surface area contributed by atoms with Gasteiger partial charge in [-0.05, 0) is 0 Å². The number of fused-ring (bicyclic) bond motifs is 1. The van der Waals surface area contributed by atoms with Crippen LogP contribution in [-0.2, 0) is 0 Å². The number of nitrogens with zero attached hydrogens (tertiary/aromatic N) is 3. The summed E-state index contributed by atoms with van der Waals surface area (Å²) in [5, 5.41) is 4.16. The first-order valence-corrected chi connectivity index (χ1v) is 5.59. The minimum absolute atomic E-state index is 0.185. The summed E-state index contributed by atoms with van der Waals surface area (Å²) < 4.78 is 1.27. The molecule has 0 aliphatic heterocycles. The molecule has 0 amide bonds. The number of rotatable bonds is 4. The Bertz CT molecular complexity index is 681. The highest BCUT2D eigenvalue weighted by Gasteiger charge is 2.07. The summed E-state index contributed by atoms with van der Waals surface area (Å²) in [6, 6.07) is 1.42. The number of H-pyrrole nitrogens is 1. The summed E-state index contributed by atoms with van der Waals surface area (Å²) in [6.45, 7) is 5.58. The molecule has 2 rings (SSSR count). The summed E-state index contributed by atoms with van der Waals surface area (Å²) in [5.41, 5.74) is 1.54. The smallest absolute Gasteiger partial charge is 0.275 e. The van der Waals surface area contributed by atoms with Gasteiger partial charge in [0.05, 0.1) is 0 Å². The molecular weight excluding hydrogens is 227 g/mol. The van der Waals surface area contributed by atoms with Gasteiger partial charge >= 0.3 is 0 Å². The van der Waals surface area contributed by atoms with E-state index in [0.717, 1.165) is 5.47 Å². The van der Waals surface area contributed by atoms with E-state index in [-0.39, 0.29) is 5.56 Å². The summed E-state index contributed by atoms with van der Waals surface area (Å²) in [5.74, 6) is 0.465.